The Morgan fingerprint density at radius 3 is 2.12 bits per heavy atom. The molecule has 1 heterocycles. The van der Waals surface area contributed by atoms with Crippen LogP contribution in [-0.4, -0.2) is 12.6 Å². The molecular weight excluding hydrogens is 337 g/mol. The van der Waals surface area contributed by atoms with Crippen LogP contribution in [0.5, 0.6) is 0 Å². The Bertz CT molecular complexity index is 813. The van der Waals surface area contributed by atoms with Gasteiger partial charge in [0.25, 0.3) is 0 Å². The van der Waals surface area contributed by atoms with E-state index >= 15 is 0 Å². The lowest BCUT2D eigenvalue weighted by Gasteiger charge is -2.22. The van der Waals surface area contributed by atoms with Gasteiger partial charge in [0.15, 0.2) is 0 Å². The fourth-order valence-electron chi connectivity index (χ4n) is 3.25. The highest BCUT2D eigenvalue weighted by atomic mass is 31.1. The molecule has 1 unspecified atom stereocenters. The van der Waals surface area contributed by atoms with Crippen molar-refractivity contribution in [2.24, 2.45) is 5.92 Å². The third-order valence-corrected chi connectivity index (χ3v) is 7.24. The van der Waals surface area contributed by atoms with E-state index in [0.717, 1.165) is 11.5 Å². The van der Waals surface area contributed by atoms with Crippen molar-refractivity contribution >= 4 is 18.5 Å². The first kappa shape index (κ1) is 17.1. The predicted molar refractivity (Wildman–Crippen MR) is 110 cm³/mol. The van der Waals surface area contributed by atoms with Crippen molar-refractivity contribution in [1.29, 1.82) is 0 Å². The average Bonchev–Trinajstić information content (AvgIpc) is 3.33. The van der Waals surface area contributed by atoms with Gasteiger partial charge in [0, 0.05) is 5.57 Å². The summed E-state index contributed by atoms with van der Waals surface area (Å²) >= 11 is 0. The first-order valence-corrected chi connectivity index (χ1v) is 10.4. The maximum Gasteiger partial charge on any atom is 0.217 e. The number of hydrogen-bond donors (Lipinski definition) is 0. The van der Waals surface area contributed by atoms with Gasteiger partial charge in [0.2, 0.25) is 5.88 Å². The molecule has 1 aliphatic carbocycles. The summed E-state index contributed by atoms with van der Waals surface area (Å²) in [6.07, 6.45) is 6.51. The van der Waals surface area contributed by atoms with Crippen LogP contribution in [0.15, 0.2) is 95.7 Å². The molecule has 0 aromatic heterocycles. The number of rotatable bonds is 4. The molecule has 2 aliphatic rings. The van der Waals surface area contributed by atoms with Crippen molar-refractivity contribution < 1.29 is 4.74 Å². The van der Waals surface area contributed by atoms with Crippen LogP contribution < -0.4 is 15.9 Å². The molecule has 3 heteroatoms. The zero-order valence-corrected chi connectivity index (χ0v) is 16.1. The van der Waals surface area contributed by atoms with Crippen molar-refractivity contribution in [2.75, 3.05) is 6.61 Å². The Hall–Kier alpha value is -2.31. The molecule has 2 nitrogen and oxygen atoms in total. The molecule has 0 N–H and O–H groups in total. The Balaban J connectivity index is 1.75. The Kier molecular flexibility index (Phi) is 4.95. The van der Waals surface area contributed by atoms with E-state index in [1.807, 2.05) is 0 Å². The molecule has 1 saturated heterocycles. The van der Waals surface area contributed by atoms with E-state index in [2.05, 4.69) is 92.7 Å². The molecule has 131 valence electrons. The van der Waals surface area contributed by atoms with Crippen LogP contribution in [0.4, 0.5) is 0 Å². The molecule has 1 fully saturated rings. The smallest absolute Gasteiger partial charge is 0.217 e. The summed E-state index contributed by atoms with van der Waals surface area (Å²) in [6.45, 7) is 5.09. The van der Waals surface area contributed by atoms with Gasteiger partial charge in [-0.15, -0.1) is 0 Å². The minimum Gasteiger partial charge on any atom is -0.475 e. The lowest BCUT2D eigenvalue weighted by Crippen LogP contribution is -2.23. The zero-order valence-electron chi connectivity index (χ0n) is 15.2. The van der Waals surface area contributed by atoms with Crippen molar-refractivity contribution in [3.8, 4) is 0 Å². The normalized spacial score (nSPS) is 21.8. The highest BCUT2D eigenvalue weighted by Gasteiger charge is 2.31. The van der Waals surface area contributed by atoms with Gasteiger partial charge in [-0.05, 0) is 35.8 Å². The third kappa shape index (κ3) is 3.34. The monoisotopic (exact) mass is 360 g/mol. The summed E-state index contributed by atoms with van der Waals surface area (Å²) in [7, 11) is -0.636. The molecule has 0 saturated carbocycles. The van der Waals surface area contributed by atoms with Crippen molar-refractivity contribution in [2.45, 2.75) is 19.9 Å². The standard InChI is InChI=1S/C23H23NOP/c1-17(2)21-16-25-23(24-21)20-14-9-15-22(20)26(18-10-5-3-6-11-18)19-12-7-4-8-13-19/h3-15,17,21H,16H2,1-2H3. The maximum atomic E-state index is 5.99. The lowest BCUT2D eigenvalue weighted by molar-refractivity contribution is 0.242. The molecule has 1 aliphatic heterocycles. The summed E-state index contributed by atoms with van der Waals surface area (Å²) in [6, 6.07) is 21.8. The molecule has 0 bridgehead atoms. The second kappa shape index (κ2) is 7.51. The van der Waals surface area contributed by atoms with Crippen LogP contribution in [0.25, 0.3) is 0 Å². The zero-order chi connectivity index (χ0) is 17.9. The van der Waals surface area contributed by atoms with E-state index in [9.17, 15) is 0 Å². The van der Waals surface area contributed by atoms with Gasteiger partial charge >= 0.3 is 0 Å². The van der Waals surface area contributed by atoms with Crippen LogP contribution in [0, 0.1) is 5.92 Å². The van der Waals surface area contributed by atoms with Crippen LogP contribution in [0.3, 0.4) is 0 Å². The van der Waals surface area contributed by atoms with Crippen molar-refractivity contribution in [3.63, 3.8) is 0 Å². The predicted octanol–water partition coefficient (Wildman–Crippen LogP) is 4.44. The van der Waals surface area contributed by atoms with Gasteiger partial charge in [-0.25, -0.2) is 5.32 Å². The second-order valence-electron chi connectivity index (χ2n) is 6.89. The summed E-state index contributed by atoms with van der Waals surface area (Å²) in [5.41, 5.74) is 1.15. The number of nitrogens with zero attached hydrogens (tertiary/aromatic N) is 1. The third-order valence-electron chi connectivity index (χ3n) is 4.74. The molecule has 26 heavy (non-hydrogen) atoms. The average molecular weight is 360 g/mol. The molecule has 4 rings (SSSR count). The van der Waals surface area contributed by atoms with E-state index < -0.39 is 7.92 Å². The topological polar surface area (TPSA) is 23.3 Å². The summed E-state index contributed by atoms with van der Waals surface area (Å²) in [5.74, 6) is 1.30. The summed E-state index contributed by atoms with van der Waals surface area (Å²) in [5, 5.41) is 8.88. The number of ether oxygens (including phenoxy) is 1. The molecule has 2 aromatic rings. The van der Waals surface area contributed by atoms with Crippen molar-refractivity contribution in [3.05, 3.63) is 95.7 Å². The number of allylic oxidation sites excluding steroid dienone is 5. The van der Waals surface area contributed by atoms with Crippen molar-refractivity contribution in [1.82, 2.24) is 5.32 Å². The van der Waals surface area contributed by atoms with Gasteiger partial charge in [-0.1, -0.05) is 86.7 Å². The van der Waals surface area contributed by atoms with Crippen LogP contribution in [0.1, 0.15) is 13.8 Å². The molecular formula is C23H23NOP. The maximum absolute atomic E-state index is 5.99. The minimum atomic E-state index is -0.636. The Morgan fingerprint density at radius 2 is 1.58 bits per heavy atom. The Morgan fingerprint density at radius 1 is 0.962 bits per heavy atom. The minimum absolute atomic E-state index is 0.257. The molecule has 1 atom stereocenters. The van der Waals surface area contributed by atoms with E-state index in [-0.39, 0.29) is 6.04 Å². The van der Waals surface area contributed by atoms with Gasteiger partial charge in [0.1, 0.15) is 6.61 Å². The largest absolute Gasteiger partial charge is 0.475 e. The van der Waals surface area contributed by atoms with Gasteiger partial charge in [-0.2, -0.15) is 0 Å². The highest BCUT2D eigenvalue weighted by Crippen LogP contribution is 2.49. The SMILES string of the molecule is CC(C)C1COC(=C2C=CC=C2P(c2ccccc2)c2ccccc2)[N]1. The molecule has 2 aromatic carbocycles. The Labute approximate surface area is 157 Å². The van der Waals surface area contributed by atoms with E-state index in [1.165, 1.54) is 15.9 Å². The highest BCUT2D eigenvalue weighted by molar-refractivity contribution is 7.77. The van der Waals surface area contributed by atoms with E-state index in [1.54, 1.807) is 0 Å². The summed E-state index contributed by atoms with van der Waals surface area (Å²) < 4.78 is 5.99. The fourth-order valence-corrected chi connectivity index (χ4v) is 5.69. The second-order valence-corrected chi connectivity index (χ2v) is 9.07. The fraction of sp³-hybridized carbons (Fsp3) is 0.217. The van der Waals surface area contributed by atoms with Crippen LogP contribution in [0.2, 0.25) is 0 Å². The van der Waals surface area contributed by atoms with Crippen LogP contribution >= 0.6 is 7.92 Å². The van der Waals surface area contributed by atoms with Gasteiger partial charge < -0.3 is 4.74 Å². The van der Waals surface area contributed by atoms with E-state index in [0.29, 0.717) is 12.5 Å². The molecule has 1 radical (unpaired) electrons. The number of benzene rings is 2. The van der Waals surface area contributed by atoms with Gasteiger partial charge in [-0.3, -0.25) is 0 Å². The summed E-state index contributed by atoms with van der Waals surface area (Å²) in [4.78, 5) is 0. The first-order valence-electron chi connectivity index (χ1n) is 9.11. The molecule has 0 amide bonds. The van der Waals surface area contributed by atoms with E-state index in [4.69, 9.17) is 10.1 Å². The van der Waals surface area contributed by atoms with Gasteiger partial charge in [0.05, 0.1) is 6.04 Å². The quantitative estimate of drug-likeness (QED) is 0.739. The number of hydrogen-bond acceptors (Lipinski definition) is 1. The first-order chi connectivity index (χ1) is 12.7. The molecule has 0 spiro atoms. The lowest BCUT2D eigenvalue weighted by atomic mass is 10.1. The van der Waals surface area contributed by atoms with Crippen LogP contribution in [-0.2, 0) is 4.74 Å².